The molecule has 1 aliphatic rings. The first-order chi connectivity index (χ1) is 6.34. The molecular weight excluding hydrogens is 166 g/mol. The number of piperidine rings is 1. The molecule has 0 bridgehead atoms. The molecular formula is C9H15N3O. The van der Waals surface area contributed by atoms with Crippen LogP contribution in [-0.4, -0.2) is 28.1 Å². The van der Waals surface area contributed by atoms with Crippen molar-refractivity contribution in [1.29, 1.82) is 0 Å². The normalized spacial score (nSPS) is 19.2. The van der Waals surface area contributed by atoms with Crippen LogP contribution in [0.2, 0.25) is 0 Å². The fourth-order valence-electron chi connectivity index (χ4n) is 1.72. The molecule has 0 saturated carbocycles. The van der Waals surface area contributed by atoms with Gasteiger partial charge in [-0.05, 0) is 25.9 Å². The van der Waals surface area contributed by atoms with Gasteiger partial charge in [0.2, 0.25) is 5.89 Å². The van der Waals surface area contributed by atoms with E-state index in [9.17, 15) is 0 Å². The molecule has 2 heterocycles. The molecule has 1 aromatic rings. The summed E-state index contributed by atoms with van der Waals surface area (Å²) in [7, 11) is 0. The highest BCUT2D eigenvalue weighted by molar-refractivity contribution is 4.84. The van der Waals surface area contributed by atoms with E-state index in [0.717, 1.165) is 12.4 Å². The van der Waals surface area contributed by atoms with Crippen LogP contribution < -0.4 is 0 Å². The summed E-state index contributed by atoms with van der Waals surface area (Å²) in [4.78, 5) is 6.57. The molecule has 0 radical (unpaired) electrons. The van der Waals surface area contributed by atoms with Crippen LogP contribution in [0.5, 0.6) is 0 Å². The molecule has 2 rings (SSSR count). The summed E-state index contributed by atoms with van der Waals surface area (Å²) in [5.41, 5.74) is 0. The number of hydrogen-bond acceptors (Lipinski definition) is 4. The largest absolute Gasteiger partial charge is 0.340 e. The predicted molar refractivity (Wildman–Crippen MR) is 48.2 cm³/mol. The van der Waals surface area contributed by atoms with Gasteiger partial charge in [0.1, 0.15) is 0 Å². The smallest absolute Gasteiger partial charge is 0.223 e. The fourth-order valence-corrected chi connectivity index (χ4v) is 1.72. The zero-order valence-electron chi connectivity index (χ0n) is 7.99. The van der Waals surface area contributed by atoms with Crippen LogP contribution in [0.25, 0.3) is 0 Å². The van der Waals surface area contributed by atoms with Crippen molar-refractivity contribution in [2.24, 2.45) is 0 Å². The van der Waals surface area contributed by atoms with Gasteiger partial charge in [0.15, 0.2) is 5.82 Å². The van der Waals surface area contributed by atoms with E-state index in [1.54, 1.807) is 0 Å². The number of likely N-dealkylation sites (tertiary alicyclic amines) is 1. The van der Waals surface area contributed by atoms with Crippen molar-refractivity contribution >= 4 is 0 Å². The van der Waals surface area contributed by atoms with Crippen molar-refractivity contribution in [2.45, 2.75) is 32.7 Å². The Bertz CT molecular complexity index is 266. The Hall–Kier alpha value is -0.900. The average Bonchev–Trinajstić information content (AvgIpc) is 2.53. The SMILES string of the molecule is Cc1nc(CN2CCCCC2)no1. The van der Waals surface area contributed by atoms with E-state index in [2.05, 4.69) is 15.0 Å². The third-order valence-corrected chi connectivity index (χ3v) is 2.38. The van der Waals surface area contributed by atoms with Gasteiger partial charge in [0, 0.05) is 6.92 Å². The number of aryl methyl sites for hydroxylation is 1. The van der Waals surface area contributed by atoms with Crippen molar-refractivity contribution in [3.8, 4) is 0 Å². The lowest BCUT2D eigenvalue weighted by Crippen LogP contribution is -2.29. The Labute approximate surface area is 77.9 Å². The zero-order chi connectivity index (χ0) is 9.10. The number of hydrogen-bond donors (Lipinski definition) is 0. The van der Waals surface area contributed by atoms with Gasteiger partial charge < -0.3 is 4.52 Å². The molecule has 1 aliphatic heterocycles. The first kappa shape index (κ1) is 8.69. The summed E-state index contributed by atoms with van der Waals surface area (Å²) in [5.74, 6) is 1.48. The van der Waals surface area contributed by atoms with Crippen molar-refractivity contribution < 1.29 is 4.52 Å². The molecule has 1 saturated heterocycles. The Morgan fingerprint density at radius 1 is 1.31 bits per heavy atom. The monoisotopic (exact) mass is 181 g/mol. The van der Waals surface area contributed by atoms with Gasteiger partial charge in [-0.1, -0.05) is 11.6 Å². The van der Waals surface area contributed by atoms with Crippen molar-refractivity contribution in [2.75, 3.05) is 13.1 Å². The number of nitrogens with zero attached hydrogens (tertiary/aromatic N) is 3. The molecule has 0 aromatic carbocycles. The molecule has 13 heavy (non-hydrogen) atoms. The second-order valence-corrected chi connectivity index (χ2v) is 3.57. The third kappa shape index (κ3) is 2.28. The van der Waals surface area contributed by atoms with Crippen LogP contribution in [0.15, 0.2) is 4.52 Å². The Morgan fingerprint density at radius 2 is 2.08 bits per heavy atom. The third-order valence-electron chi connectivity index (χ3n) is 2.38. The van der Waals surface area contributed by atoms with Crippen LogP contribution in [0.4, 0.5) is 0 Å². The van der Waals surface area contributed by atoms with E-state index < -0.39 is 0 Å². The second kappa shape index (κ2) is 3.87. The molecule has 0 aliphatic carbocycles. The van der Waals surface area contributed by atoms with E-state index in [4.69, 9.17) is 4.52 Å². The minimum atomic E-state index is 0.659. The number of aromatic nitrogens is 2. The van der Waals surface area contributed by atoms with Crippen molar-refractivity contribution in [3.05, 3.63) is 11.7 Å². The van der Waals surface area contributed by atoms with Crippen LogP contribution in [0, 0.1) is 6.92 Å². The molecule has 1 fully saturated rings. The minimum Gasteiger partial charge on any atom is -0.340 e. The lowest BCUT2D eigenvalue weighted by atomic mass is 10.1. The van der Waals surface area contributed by atoms with E-state index >= 15 is 0 Å². The highest BCUT2D eigenvalue weighted by Gasteiger charge is 2.12. The highest BCUT2D eigenvalue weighted by Crippen LogP contribution is 2.10. The highest BCUT2D eigenvalue weighted by atomic mass is 16.5. The van der Waals surface area contributed by atoms with Gasteiger partial charge in [-0.15, -0.1) is 0 Å². The summed E-state index contributed by atoms with van der Waals surface area (Å²) in [6.45, 7) is 5.02. The molecule has 0 amide bonds. The molecule has 72 valence electrons. The molecule has 0 N–H and O–H groups in total. The van der Waals surface area contributed by atoms with Gasteiger partial charge >= 0.3 is 0 Å². The maximum absolute atomic E-state index is 4.92. The maximum Gasteiger partial charge on any atom is 0.223 e. The predicted octanol–water partition coefficient (Wildman–Crippen LogP) is 1.36. The second-order valence-electron chi connectivity index (χ2n) is 3.57. The van der Waals surface area contributed by atoms with Gasteiger partial charge in [-0.3, -0.25) is 4.90 Å². The summed E-state index contributed by atoms with van der Waals surface area (Å²) < 4.78 is 4.92. The molecule has 4 nitrogen and oxygen atoms in total. The van der Waals surface area contributed by atoms with E-state index in [0.29, 0.717) is 5.89 Å². The zero-order valence-corrected chi connectivity index (χ0v) is 7.99. The van der Waals surface area contributed by atoms with Crippen molar-refractivity contribution in [1.82, 2.24) is 15.0 Å². The quantitative estimate of drug-likeness (QED) is 0.691. The minimum absolute atomic E-state index is 0.659. The molecule has 4 heteroatoms. The van der Waals surface area contributed by atoms with E-state index in [-0.39, 0.29) is 0 Å². The van der Waals surface area contributed by atoms with Crippen LogP contribution in [0.3, 0.4) is 0 Å². The summed E-state index contributed by atoms with van der Waals surface area (Å²) in [6.07, 6.45) is 3.97. The first-order valence-corrected chi connectivity index (χ1v) is 4.86. The standard InChI is InChI=1S/C9H15N3O/c1-8-10-9(11-13-8)7-12-5-3-2-4-6-12/h2-7H2,1H3. The van der Waals surface area contributed by atoms with Gasteiger partial charge in [-0.2, -0.15) is 4.98 Å². The molecule has 0 atom stereocenters. The van der Waals surface area contributed by atoms with Crippen LogP contribution >= 0.6 is 0 Å². The van der Waals surface area contributed by atoms with Gasteiger partial charge in [-0.25, -0.2) is 0 Å². The number of rotatable bonds is 2. The van der Waals surface area contributed by atoms with Gasteiger partial charge in [0.05, 0.1) is 6.54 Å². The molecule has 1 aromatic heterocycles. The van der Waals surface area contributed by atoms with Crippen LogP contribution in [-0.2, 0) is 6.54 Å². The average molecular weight is 181 g/mol. The Kier molecular flexibility index (Phi) is 2.59. The van der Waals surface area contributed by atoms with Crippen LogP contribution in [0.1, 0.15) is 31.0 Å². The topological polar surface area (TPSA) is 42.2 Å². The van der Waals surface area contributed by atoms with E-state index in [1.165, 1.54) is 32.4 Å². The summed E-state index contributed by atoms with van der Waals surface area (Å²) in [6, 6.07) is 0. The Balaban J connectivity index is 1.89. The summed E-state index contributed by atoms with van der Waals surface area (Å²) >= 11 is 0. The van der Waals surface area contributed by atoms with Gasteiger partial charge in [0.25, 0.3) is 0 Å². The molecule has 0 spiro atoms. The lowest BCUT2D eigenvalue weighted by molar-refractivity contribution is 0.213. The van der Waals surface area contributed by atoms with Crippen molar-refractivity contribution in [3.63, 3.8) is 0 Å². The fraction of sp³-hybridized carbons (Fsp3) is 0.778. The first-order valence-electron chi connectivity index (χ1n) is 4.86. The lowest BCUT2D eigenvalue weighted by Gasteiger charge is -2.24. The molecule has 0 unspecified atom stereocenters. The van der Waals surface area contributed by atoms with E-state index in [1.807, 2.05) is 6.92 Å². The maximum atomic E-state index is 4.92. The summed E-state index contributed by atoms with van der Waals surface area (Å²) in [5, 5.41) is 3.88. The Morgan fingerprint density at radius 3 is 2.69 bits per heavy atom.